The van der Waals surface area contributed by atoms with E-state index in [0.717, 1.165) is 52.6 Å². The van der Waals surface area contributed by atoms with Crippen LogP contribution in [0.15, 0.2) is 66.9 Å². The van der Waals surface area contributed by atoms with Gasteiger partial charge in [0, 0.05) is 30.6 Å². The average molecular weight is 528 g/mol. The first-order valence-electron chi connectivity index (χ1n) is 13.0. The lowest BCUT2D eigenvalue weighted by Gasteiger charge is -2.17. The highest BCUT2D eigenvalue weighted by atomic mass is 19.1. The number of carbonyl (C=O) groups excluding carboxylic acids is 1. The van der Waals surface area contributed by atoms with Crippen molar-refractivity contribution in [1.82, 2.24) is 4.98 Å². The van der Waals surface area contributed by atoms with Crippen molar-refractivity contribution in [2.24, 2.45) is 5.73 Å². The van der Waals surface area contributed by atoms with Crippen molar-refractivity contribution in [3.05, 3.63) is 101 Å². The van der Waals surface area contributed by atoms with Crippen LogP contribution in [0.25, 0.3) is 22.3 Å². The zero-order valence-electron chi connectivity index (χ0n) is 22.6. The first-order chi connectivity index (χ1) is 18.9. The third-order valence-electron chi connectivity index (χ3n) is 7.03. The molecule has 3 aromatic carbocycles. The first-order valence-corrected chi connectivity index (χ1v) is 13.0. The van der Waals surface area contributed by atoms with Gasteiger partial charge in [0.15, 0.2) is 0 Å². The van der Waals surface area contributed by atoms with Crippen LogP contribution >= 0.6 is 0 Å². The third kappa shape index (κ3) is 6.16. The van der Waals surface area contributed by atoms with Gasteiger partial charge in [0.05, 0.1) is 7.11 Å². The molecule has 4 aromatic rings. The second-order valence-electron chi connectivity index (χ2n) is 9.49. The van der Waals surface area contributed by atoms with Gasteiger partial charge in [-0.15, -0.1) is 0 Å². The summed E-state index contributed by atoms with van der Waals surface area (Å²) in [6.07, 6.45) is 4.14. The number of methoxy groups -OCH3 is 1. The maximum absolute atomic E-state index is 14.8. The van der Waals surface area contributed by atoms with E-state index >= 15 is 0 Å². The molecule has 1 aromatic heterocycles. The fourth-order valence-corrected chi connectivity index (χ4v) is 4.78. The molecule has 1 amide bonds. The molecule has 4 rings (SSSR count). The van der Waals surface area contributed by atoms with Crippen molar-refractivity contribution in [2.75, 3.05) is 19.0 Å². The summed E-state index contributed by atoms with van der Waals surface area (Å²) in [5.74, 6) is -0.264. The second-order valence-corrected chi connectivity index (χ2v) is 9.49. The number of nitrogens with zero attached hydrogens (tertiary/aromatic N) is 1. The molecule has 0 spiro atoms. The van der Waals surface area contributed by atoms with Gasteiger partial charge in [-0.25, -0.2) is 4.39 Å². The number of aliphatic hydroxyl groups excluding tert-OH is 1. The molecule has 0 bridgehead atoms. The molecule has 0 atom stereocenters. The third-order valence-corrected chi connectivity index (χ3v) is 7.03. The number of benzene rings is 3. The van der Waals surface area contributed by atoms with Gasteiger partial charge in [0.25, 0.3) is 5.91 Å². The molecular formula is C32H34FN3O3. The van der Waals surface area contributed by atoms with E-state index in [0.29, 0.717) is 28.3 Å². The molecule has 4 N–H and O–H groups in total. The van der Waals surface area contributed by atoms with Crippen LogP contribution < -0.4 is 15.8 Å². The lowest BCUT2D eigenvalue weighted by Crippen LogP contribution is -2.14. The van der Waals surface area contributed by atoms with Crippen LogP contribution in [0.2, 0.25) is 0 Å². The number of unbranched alkanes of at least 4 members (excludes halogenated alkanes) is 1. The van der Waals surface area contributed by atoms with Gasteiger partial charge in [0.1, 0.15) is 17.3 Å². The number of nitrogens with one attached hydrogen (secondary N) is 1. The number of aromatic nitrogens is 1. The Kier molecular flexibility index (Phi) is 9.07. The number of aliphatic hydroxyl groups is 1. The summed E-state index contributed by atoms with van der Waals surface area (Å²) < 4.78 is 20.2. The number of nitrogens with two attached hydrogens (primary N) is 1. The van der Waals surface area contributed by atoms with E-state index in [1.165, 1.54) is 13.2 Å². The molecule has 0 saturated carbocycles. The molecular weight excluding hydrogens is 493 g/mol. The quantitative estimate of drug-likeness (QED) is 0.213. The number of ether oxygens (including phenoxy) is 1. The van der Waals surface area contributed by atoms with Crippen molar-refractivity contribution < 1.29 is 19.0 Å². The van der Waals surface area contributed by atoms with Crippen molar-refractivity contribution in [3.8, 4) is 28.0 Å². The highest BCUT2D eigenvalue weighted by molar-refractivity contribution is 6.03. The van der Waals surface area contributed by atoms with E-state index in [1.807, 2.05) is 62.4 Å². The number of amides is 1. The normalized spacial score (nSPS) is 10.9. The van der Waals surface area contributed by atoms with Crippen molar-refractivity contribution in [2.45, 2.75) is 39.7 Å². The molecule has 6 nitrogen and oxygen atoms in total. The van der Waals surface area contributed by atoms with Crippen molar-refractivity contribution in [3.63, 3.8) is 0 Å². The van der Waals surface area contributed by atoms with Gasteiger partial charge in [-0.2, -0.15) is 0 Å². The monoisotopic (exact) mass is 527 g/mol. The number of aryl methyl sites for hydroxylation is 1. The SMILES string of the molecule is COc1cc(-c2cccc(-c3cccc(NC(=O)c4ccc(CCCCO)cn4)c3C)c2C)cc(F)c1CN. The summed E-state index contributed by atoms with van der Waals surface area (Å²) in [4.78, 5) is 17.3. The molecule has 0 saturated heterocycles. The Hall–Kier alpha value is -4.07. The van der Waals surface area contributed by atoms with Crippen LogP contribution in [0.3, 0.4) is 0 Å². The number of halogens is 1. The van der Waals surface area contributed by atoms with Gasteiger partial charge < -0.3 is 20.9 Å². The van der Waals surface area contributed by atoms with Gasteiger partial charge in [0.2, 0.25) is 0 Å². The van der Waals surface area contributed by atoms with Crippen LogP contribution in [0.5, 0.6) is 5.75 Å². The summed E-state index contributed by atoms with van der Waals surface area (Å²) in [6.45, 7) is 4.19. The second kappa shape index (κ2) is 12.7. The van der Waals surface area contributed by atoms with E-state index < -0.39 is 5.82 Å². The molecule has 0 radical (unpaired) electrons. The zero-order chi connectivity index (χ0) is 27.9. The minimum atomic E-state index is -0.399. The fourth-order valence-electron chi connectivity index (χ4n) is 4.78. The highest BCUT2D eigenvalue weighted by Crippen LogP contribution is 2.37. The number of anilines is 1. The summed E-state index contributed by atoms with van der Waals surface area (Å²) in [6, 6.07) is 18.6. The number of rotatable bonds is 10. The van der Waals surface area contributed by atoms with Crippen LogP contribution in [0.1, 0.15) is 45.6 Å². The molecule has 0 aliphatic rings. The number of carbonyl (C=O) groups is 1. The number of pyridine rings is 1. The lowest BCUT2D eigenvalue weighted by molar-refractivity contribution is 0.102. The Balaban J connectivity index is 1.62. The molecule has 0 unspecified atom stereocenters. The Bertz CT molecular complexity index is 1470. The van der Waals surface area contributed by atoms with Crippen LogP contribution in [0, 0.1) is 19.7 Å². The smallest absolute Gasteiger partial charge is 0.274 e. The topological polar surface area (TPSA) is 97.5 Å². The maximum Gasteiger partial charge on any atom is 0.274 e. The van der Waals surface area contributed by atoms with Crippen LogP contribution in [-0.2, 0) is 13.0 Å². The van der Waals surface area contributed by atoms with Crippen LogP contribution in [-0.4, -0.2) is 29.7 Å². The van der Waals surface area contributed by atoms with Gasteiger partial charge >= 0.3 is 0 Å². The van der Waals surface area contributed by atoms with Gasteiger partial charge in [-0.1, -0.05) is 36.4 Å². The standard InChI is InChI=1S/C32H34FN3O3/c1-20-24(23-16-28(33)27(18-34)31(17-23)39-3)9-6-10-25(20)26-11-7-12-29(21(26)2)36-32(38)30-14-13-22(19-35-30)8-4-5-15-37/h6-7,9-14,16-17,19,37H,4-5,8,15,18,34H2,1-3H3,(H,36,38). The summed E-state index contributed by atoms with van der Waals surface area (Å²) in [7, 11) is 1.51. The molecule has 7 heteroatoms. The minimum Gasteiger partial charge on any atom is -0.496 e. The van der Waals surface area contributed by atoms with Crippen molar-refractivity contribution in [1.29, 1.82) is 0 Å². The van der Waals surface area contributed by atoms with E-state index in [1.54, 1.807) is 12.3 Å². The fraction of sp³-hybridized carbons (Fsp3) is 0.250. The molecule has 0 aliphatic carbocycles. The zero-order valence-corrected chi connectivity index (χ0v) is 22.6. The minimum absolute atomic E-state index is 0.0519. The van der Waals surface area contributed by atoms with Gasteiger partial charge in [-0.3, -0.25) is 9.78 Å². The van der Waals surface area contributed by atoms with E-state index in [4.69, 9.17) is 15.6 Å². The molecule has 0 aliphatic heterocycles. The Labute approximate surface area is 228 Å². The highest BCUT2D eigenvalue weighted by Gasteiger charge is 2.17. The summed E-state index contributed by atoms with van der Waals surface area (Å²) in [5, 5.41) is 12.0. The lowest BCUT2D eigenvalue weighted by atomic mass is 9.90. The Morgan fingerprint density at radius 3 is 2.38 bits per heavy atom. The Morgan fingerprint density at radius 2 is 1.72 bits per heavy atom. The Morgan fingerprint density at radius 1 is 1.00 bits per heavy atom. The maximum atomic E-state index is 14.8. The first kappa shape index (κ1) is 28.0. The van der Waals surface area contributed by atoms with Gasteiger partial charge in [-0.05, 0) is 96.3 Å². The van der Waals surface area contributed by atoms with Crippen LogP contribution in [0.4, 0.5) is 10.1 Å². The average Bonchev–Trinajstić information content (AvgIpc) is 2.94. The predicted molar refractivity (Wildman–Crippen MR) is 153 cm³/mol. The molecule has 0 fully saturated rings. The number of hydrogen-bond acceptors (Lipinski definition) is 5. The molecule has 202 valence electrons. The largest absolute Gasteiger partial charge is 0.496 e. The predicted octanol–water partition coefficient (Wildman–Crippen LogP) is 6.21. The molecule has 39 heavy (non-hydrogen) atoms. The van der Waals surface area contributed by atoms with E-state index in [9.17, 15) is 9.18 Å². The van der Waals surface area contributed by atoms with Crippen molar-refractivity contribution >= 4 is 11.6 Å². The number of hydrogen-bond donors (Lipinski definition) is 3. The molecule has 1 heterocycles. The summed E-state index contributed by atoms with van der Waals surface area (Å²) >= 11 is 0. The van der Waals surface area contributed by atoms with E-state index in [-0.39, 0.29) is 19.1 Å². The van der Waals surface area contributed by atoms with E-state index in [2.05, 4.69) is 10.3 Å². The summed E-state index contributed by atoms with van der Waals surface area (Å²) in [5.41, 5.74) is 13.5.